The Morgan fingerprint density at radius 1 is 1.05 bits per heavy atom. The fourth-order valence-corrected chi connectivity index (χ4v) is 2.43. The molecule has 20 heavy (non-hydrogen) atoms. The second-order valence-electron chi connectivity index (χ2n) is 4.88. The van der Waals surface area contributed by atoms with E-state index in [2.05, 4.69) is 4.98 Å². The first kappa shape index (κ1) is 12.8. The Morgan fingerprint density at radius 3 is 2.55 bits per heavy atom. The molecule has 0 saturated heterocycles. The van der Waals surface area contributed by atoms with Gasteiger partial charge in [0.25, 0.3) is 0 Å². The van der Waals surface area contributed by atoms with Crippen LogP contribution in [0.15, 0.2) is 54.9 Å². The van der Waals surface area contributed by atoms with E-state index in [9.17, 15) is 9.50 Å². The van der Waals surface area contributed by atoms with Crippen LogP contribution in [0.3, 0.4) is 0 Å². The lowest BCUT2D eigenvalue weighted by Gasteiger charge is -2.14. The summed E-state index contributed by atoms with van der Waals surface area (Å²) in [4.78, 5) is 4.09. The molecule has 3 aromatic rings. The van der Waals surface area contributed by atoms with Gasteiger partial charge in [-0.15, -0.1) is 0 Å². The van der Waals surface area contributed by atoms with Crippen molar-refractivity contribution < 1.29 is 9.50 Å². The summed E-state index contributed by atoms with van der Waals surface area (Å²) in [5.41, 5.74) is 2.38. The van der Waals surface area contributed by atoms with E-state index in [0.29, 0.717) is 16.5 Å². The van der Waals surface area contributed by atoms with Crippen molar-refractivity contribution in [3.63, 3.8) is 0 Å². The quantitative estimate of drug-likeness (QED) is 0.766. The molecule has 3 rings (SSSR count). The first-order valence-electron chi connectivity index (χ1n) is 6.43. The van der Waals surface area contributed by atoms with Crippen LogP contribution in [-0.2, 0) is 0 Å². The molecule has 0 saturated carbocycles. The van der Waals surface area contributed by atoms with Gasteiger partial charge in [-0.2, -0.15) is 0 Å². The fourth-order valence-electron chi connectivity index (χ4n) is 2.43. The van der Waals surface area contributed by atoms with Crippen LogP contribution in [0.1, 0.15) is 22.8 Å². The van der Waals surface area contributed by atoms with Gasteiger partial charge in [-0.1, -0.05) is 36.4 Å². The minimum Gasteiger partial charge on any atom is -0.384 e. The average molecular weight is 267 g/mol. The van der Waals surface area contributed by atoms with Gasteiger partial charge >= 0.3 is 0 Å². The van der Waals surface area contributed by atoms with Crippen LogP contribution in [0.2, 0.25) is 0 Å². The predicted octanol–water partition coefficient (Wildman–Crippen LogP) is 3.76. The summed E-state index contributed by atoms with van der Waals surface area (Å²) in [5.74, 6) is -0.279. The second-order valence-corrected chi connectivity index (χ2v) is 4.88. The number of aromatic nitrogens is 1. The highest BCUT2D eigenvalue weighted by Crippen LogP contribution is 2.30. The number of aliphatic hydroxyl groups is 1. The minimum atomic E-state index is -0.812. The standard InChI is InChI=1S/C17H14FNO/c1-11-8-12(10-19-9-11)17(20)15-6-7-16(18)14-5-3-2-4-13(14)15/h2-10,17,20H,1H3. The number of aryl methyl sites for hydroxylation is 1. The van der Waals surface area contributed by atoms with Crippen LogP contribution < -0.4 is 0 Å². The molecule has 2 aromatic carbocycles. The van der Waals surface area contributed by atoms with Crippen LogP contribution in [0.25, 0.3) is 10.8 Å². The number of hydrogen-bond donors (Lipinski definition) is 1. The minimum absolute atomic E-state index is 0.279. The Hall–Kier alpha value is -2.26. The number of aliphatic hydroxyl groups excluding tert-OH is 1. The largest absolute Gasteiger partial charge is 0.384 e. The maximum atomic E-state index is 13.8. The molecule has 0 spiro atoms. The second kappa shape index (κ2) is 5.02. The highest BCUT2D eigenvalue weighted by molar-refractivity contribution is 5.86. The molecule has 100 valence electrons. The molecule has 0 fully saturated rings. The van der Waals surface area contributed by atoms with E-state index in [4.69, 9.17) is 0 Å². The summed E-state index contributed by atoms with van der Waals surface area (Å²) in [7, 11) is 0. The maximum absolute atomic E-state index is 13.8. The molecular weight excluding hydrogens is 253 g/mol. The van der Waals surface area contributed by atoms with E-state index >= 15 is 0 Å². The van der Waals surface area contributed by atoms with Crippen LogP contribution >= 0.6 is 0 Å². The number of rotatable bonds is 2. The van der Waals surface area contributed by atoms with Crippen LogP contribution in [0, 0.1) is 12.7 Å². The summed E-state index contributed by atoms with van der Waals surface area (Å²) >= 11 is 0. The lowest BCUT2D eigenvalue weighted by Crippen LogP contribution is -2.02. The first-order chi connectivity index (χ1) is 9.66. The first-order valence-corrected chi connectivity index (χ1v) is 6.43. The van der Waals surface area contributed by atoms with Crippen molar-refractivity contribution in [1.29, 1.82) is 0 Å². The van der Waals surface area contributed by atoms with Gasteiger partial charge in [-0.05, 0) is 29.5 Å². The van der Waals surface area contributed by atoms with Crippen molar-refractivity contribution in [2.75, 3.05) is 0 Å². The molecule has 1 unspecified atom stereocenters. The molecule has 0 amide bonds. The monoisotopic (exact) mass is 267 g/mol. The van der Waals surface area contributed by atoms with Crippen molar-refractivity contribution in [3.05, 3.63) is 77.4 Å². The van der Waals surface area contributed by atoms with Gasteiger partial charge in [0, 0.05) is 23.3 Å². The van der Waals surface area contributed by atoms with E-state index in [0.717, 1.165) is 10.9 Å². The lowest BCUT2D eigenvalue weighted by atomic mass is 9.96. The third-order valence-electron chi connectivity index (χ3n) is 3.41. The molecular formula is C17H14FNO. The molecule has 0 bridgehead atoms. The maximum Gasteiger partial charge on any atom is 0.131 e. The van der Waals surface area contributed by atoms with Crippen molar-refractivity contribution in [1.82, 2.24) is 4.98 Å². The van der Waals surface area contributed by atoms with E-state index < -0.39 is 6.10 Å². The molecule has 1 aromatic heterocycles. The highest BCUT2D eigenvalue weighted by Gasteiger charge is 2.15. The summed E-state index contributed by atoms with van der Waals surface area (Å²) in [6.07, 6.45) is 2.56. The van der Waals surface area contributed by atoms with Crippen molar-refractivity contribution in [2.45, 2.75) is 13.0 Å². The van der Waals surface area contributed by atoms with E-state index in [1.54, 1.807) is 30.6 Å². The normalized spacial score (nSPS) is 12.6. The molecule has 0 aliphatic rings. The molecule has 1 N–H and O–H groups in total. The molecule has 1 heterocycles. The zero-order valence-corrected chi connectivity index (χ0v) is 11.0. The van der Waals surface area contributed by atoms with Gasteiger partial charge in [0.05, 0.1) is 0 Å². The summed E-state index contributed by atoms with van der Waals surface area (Å²) in [6, 6.07) is 12.1. The number of benzene rings is 2. The van der Waals surface area contributed by atoms with Crippen molar-refractivity contribution in [2.24, 2.45) is 0 Å². The van der Waals surface area contributed by atoms with Gasteiger partial charge in [0.2, 0.25) is 0 Å². The third-order valence-corrected chi connectivity index (χ3v) is 3.41. The molecule has 2 nitrogen and oxygen atoms in total. The zero-order valence-electron chi connectivity index (χ0n) is 11.0. The predicted molar refractivity (Wildman–Crippen MR) is 76.9 cm³/mol. The summed E-state index contributed by atoms with van der Waals surface area (Å²) < 4.78 is 13.8. The molecule has 0 aliphatic heterocycles. The van der Waals surface area contributed by atoms with Gasteiger partial charge < -0.3 is 5.11 Å². The Bertz CT molecular complexity index is 770. The number of pyridine rings is 1. The topological polar surface area (TPSA) is 33.1 Å². The van der Waals surface area contributed by atoms with Gasteiger partial charge in [-0.3, -0.25) is 4.98 Å². The van der Waals surface area contributed by atoms with Crippen LogP contribution in [0.4, 0.5) is 4.39 Å². The van der Waals surface area contributed by atoms with Crippen molar-refractivity contribution >= 4 is 10.8 Å². The lowest BCUT2D eigenvalue weighted by molar-refractivity contribution is 0.221. The van der Waals surface area contributed by atoms with Crippen LogP contribution in [-0.4, -0.2) is 10.1 Å². The molecule has 3 heteroatoms. The van der Waals surface area contributed by atoms with E-state index in [1.807, 2.05) is 25.1 Å². The van der Waals surface area contributed by atoms with Crippen LogP contribution in [0.5, 0.6) is 0 Å². The fraction of sp³-hybridized carbons (Fsp3) is 0.118. The Kier molecular flexibility index (Phi) is 3.20. The third kappa shape index (κ3) is 2.17. The average Bonchev–Trinajstić information content (AvgIpc) is 2.47. The Labute approximate surface area is 116 Å². The van der Waals surface area contributed by atoms with Gasteiger partial charge in [-0.25, -0.2) is 4.39 Å². The van der Waals surface area contributed by atoms with E-state index in [1.165, 1.54) is 6.07 Å². The summed E-state index contributed by atoms with van der Waals surface area (Å²) in [6.45, 7) is 1.92. The Morgan fingerprint density at radius 2 is 1.80 bits per heavy atom. The zero-order chi connectivity index (χ0) is 14.1. The molecule has 1 atom stereocenters. The van der Waals surface area contributed by atoms with Gasteiger partial charge in [0.15, 0.2) is 0 Å². The highest BCUT2D eigenvalue weighted by atomic mass is 19.1. The number of hydrogen-bond acceptors (Lipinski definition) is 2. The van der Waals surface area contributed by atoms with E-state index in [-0.39, 0.29) is 5.82 Å². The SMILES string of the molecule is Cc1cncc(C(O)c2ccc(F)c3ccccc23)c1. The van der Waals surface area contributed by atoms with Crippen molar-refractivity contribution in [3.8, 4) is 0 Å². The number of nitrogens with zero attached hydrogens (tertiary/aromatic N) is 1. The molecule has 0 aliphatic carbocycles. The van der Waals surface area contributed by atoms with Gasteiger partial charge in [0.1, 0.15) is 11.9 Å². The molecule has 0 radical (unpaired) electrons. The summed E-state index contributed by atoms with van der Waals surface area (Å²) in [5, 5.41) is 11.8. The Balaban J connectivity index is 2.17. The number of fused-ring (bicyclic) bond motifs is 1. The number of halogens is 1. The smallest absolute Gasteiger partial charge is 0.131 e.